The van der Waals surface area contributed by atoms with Gasteiger partial charge >= 0.3 is 12.2 Å². The van der Waals surface area contributed by atoms with Crippen LogP contribution in [-0.2, 0) is 4.79 Å². The molecule has 10 nitrogen and oxygen atoms in total. The van der Waals surface area contributed by atoms with E-state index in [0.717, 1.165) is 18.5 Å². The number of alkyl halides is 3. The molecule has 3 fully saturated rings. The predicted molar refractivity (Wildman–Crippen MR) is 128 cm³/mol. The second kappa shape index (κ2) is 11.7. The van der Waals surface area contributed by atoms with E-state index in [0.29, 0.717) is 25.7 Å². The molecule has 15 heteroatoms. The molecule has 0 aliphatic heterocycles. The van der Waals surface area contributed by atoms with Gasteiger partial charge in [0, 0.05) is 11.6 Å². The fourth-order valence-electron chi connectivity index (χ4n) is 4.89. The number of fused-ring (bicyclic) bond motifs is 3. The molecule has 1 heterocycles. The zero-order chi connectivity index (χ0) is 28.3. The zero-order valence-electron chi connectivity index (χ0n) is 20.5. The van der Waals surface area contributed by atoms with Gasteiger partial charge in [0.25, 0.3) is 5.91 Å². The summed E-state index contributed by atoms with van der Waals surface area (Å²) in [5.41, 5.74) is -1.43. The van der Waals surface area contributed by atoms with E-state index in [1.807, 2.05) is 0 Å². The minimum absolute atomic E-state index is 0.0620. The Morgan fingerprint density at radius 3 is 2.44 bits per heavy atom. The average Bonchev–Trinajstić information content (AvgIpc) is 2.88. The van der Waals surface area contributed by atoms with Crippen molar-refractivity contribution in [1.29, 1.82) is 0 Å². The van der Waals surface area contributed by atoms with Crippen LogP contribution in [-0.4, -0.2) is 75.5 Å². The van der Waals surface area contributed by atoms with Crippen LogP contribution in [0, 0.1) is 5.82 Å². The second-order valence-electron chi connectivity index (χ2n) is 9.65. The molecule has 2 aromatic rings. The highest BCUT2D eigenvalue weighted by molar-refractivity contribution is 6.30. The monoisotopic (exact) mass is 578 g/mol. The number of aliphatic hydroxyl groups excluding tert-OH is 2. The van der Waals surface area contributed by atoms with Crippen LogP contribution in [0.5, 0.6) is 17.5 Å². The molecule has 3 aliphatic carbocycles. The summed E-state index contributed by atoms with van der Waals surface area (Å²) in [6.45, 7) is -2.10. The summed E-state index contributed by atoms with van der Waals surface area (Å²) < 4.78 is 65.4. The molecule has 1 unspecified atom stereocenters. The highest BCUT2D eigenvalue weighted by Gasteiger charge is 2.55. The summed E-state index contributed by atoms with van der Waals surface area (Å²) in [6, 6.07) is 3.38. The summed E-state index contributed by atoms with van der Waals surface area (Å²) in [6.07, 6.45) is -2.02. The number of carbonyl (C=O) groups excluding carboxylic acids is 1. The van der Waals surface area contributed by atoms with Crippen LogP contribution in [0.3, 0.4) is 0 Å². The first-order chi connectivity index (χ1) is 18.4. The lowest BCUT2D eigenvalue weighted by Crippen LogP contribution is -2.71. The van der Waals surface area contributed by atoms with Crippen molar-refractivity contribution in [2.45, 2.75) is 61.7 Å². The Balaban J connectivity index is 1.22. The standard InChI is InChI=1S/C24H27ClF4N4O6/c25-16-2-1-14(7-17(16)26)37-12-20(36)33-23-5-3-22(4-6-23,8-18(23)34)32-19(35)11-38-15-9-30-21(31-10-15)39-13-24(27,28)29/h1-2,7,9-10,18-19,32,34-35H,3-6,8,11-13H2,(H,33,36)/t18-,19?,22?,23?/m0/s1. The lowest BCUT2D eigenvalue weighted by Gasteiger charge is -2.56. The summed E-state index contributed by atoms with van der Waals surface area (Å²) in [4.78, 5) is 19.8. The lowest BCUT2D eigenvalue weighted by atomic mass is 9.60. The van der Waals surface area contributed by atoms with Gasteiger partial charge in [-0.2, -0.15) is 23.1 Å². The second-order valence-corrected chi connectivity index (χ2v) is 10.1. The van der Waals surface area contributed by atoms with Crippen LogP contribution in [0.2, 0.25) is 5.02 Å². The number of ether oxygens (including phenoxy) is 3. The number of rotatable bonds is 11. The molecule has 1 aromatic heterocycles. The third-order valence-electron chi connectivity index (χ3n) is 6.82. The minimum atomic E-state index is -4.51. The number of nitrogens with one attached hydrogen (secondary N) is 2. The predicted octanol–water partition coefficient (Wildman–Crippen LogP) is 2.51. The largest absolute Gasteiger partial charge is 0.486 e. The number of nitrogens with zero attached hydrogens (tertiary/aromatic N) is 2. The molecule has 39 heavy (non-hydrogen) atoms. The van der Waals surface area contributed by atoms with Gasteiger partial charge in [0.2, 0.25) is 0 Å². The molecule has 0 radical (unpaired) electrons. The van der Waals surface area contributed by atoms with Crippen molar-refractivity contribution in [3.8, 4) is 17.5 Å². The van der Waals surface area contributed by atoms with Gasteiger partial charge in [0.05, 0.1) is 29.1 Å². The molecule has 3 saturated carbocycles. The Morgan fingerprint density at radius 2 is 1.82 bits per heavy atom. The molecule has 0 saturated heterocycles. The van der Waals surface area contributed by atoms with E-state index < -0.39 is 53.9 Å². The maximum Gasteiger partial charge on any atom is 0.422 e. The van der Waals surface area contributed by atoms with Gasteiger partial charge in [-0.05, 0) is 44.2 Å². The van der Waals surface area contributed by atoms with Crippen LogP contribution in [0.1, 0.15) is 32.1 Å². The summed E-state index contributed by atoms with van der Waals surface area (Å²) in [5.74, 6) is -0.864. The Morgan fingerprint density at radius 1 is 1.13 bits per heavy atom. The average molecular weight is 579 g/mol. The fourth-order valence-corrected chi connectivity index (χ4v) is 5.01. The van der Waals surface area contributed by atoms with Crippen molar-refractivity contribution >= 4 is 17.5 Å². The van der Waals surface area contributed by atoms with Crippen LogP contribution < -0.4 is 24.8 Å². The molecule has 4 N–H and O–H groups in total. The van der Waals surface area contributed by atoms with E-state index in [1.54, 1.807) is 0 Å². The summed E-state index contributed by atoms with van der Waals surface area (Å²) >= 11 is 5.64. The number of hydrogen-bond acceptors (Lipinski definition) is 9. The van der Waals surface area contributed by atoms with E-state index in [1.165, 1.54) is 12.1 Å². The van der Waals surface area contributed by atoms with Crippen molar-refractivity contribution in [2.75, 3.05) is 19.8 Å². The molecule has 214 valence electrons. The summed E-state index contributed by atoms with van der Waals surface area (Å²) in [7, 11) is 0. The molecule has 1 aromatic carbocycles. The van der Waals surface area contributed by atoms with Crippen LogP contribution >= 0.6 is 11.6 Å². The fraction of sp³-hybridized carbons (Fsp3) is 0.542. The highest BCUT2D eigenvalue weighted by atomic mass is 35.5. The molecular weight excluding hydrogens is 552 g/mol. The van der Waals surface area contributed by atoms with Crippen LogP contribution in [0.4, 0.5) is 17.6 Å². The number of halogens is 5. The van der Waals surface area contributed by atoms with Crippen molar-refractivity contribution < 1.29 is 46.8 Å². The highest BCUT2D eigenvalue weighted by Crippen LogP contribution is 2.47. The minimum Gasteiger partial charge on any atom is -0.486 e. The van der Waals surface area contributed by atoms with Crippen LogP contribution in [0.25, 0.3) is 0 Å². The quantitative estimate of drug-likeness (QED) is 0.234. The molecule has 3 aliphatic rings. The van der Waals surface area contributed by atoms with Crippen LogP contribution in [0.15, 0.2) is 30.6 Å². The normalized spacial score (nSPS) is 25.2. The topological polar surface area (TPSA) is 135 Å². The third-order valence-corrected chi connectivity index (χ3v) is 7.13. The van der Waals surface area contributed by atoms with E-state index in [9.17, 15) is 32.6 Å². The number of hydrogen-bond donors (Lipinski definition) is 4. The van der Waals surface area contributed by atoms with Gasteiger partial charge in [-0.1, -0.05) is 11.6 Å². The number of aliphatic hydroxyl groups is 2. The first-order valence-electron chi connectivity index (χ1n) is 12.0. The van der Waals surface area contributed by atoms with E-state index in [4.69, 9.17) is 21.1 Å². The number of carbonyl (C=O) groups is 1. The zero-order valence-corrected chi connectivity index (χ0v) is 21.3. The maximum absolute atomic E-state index is 13.6. The van der Waals surface area contributed by atoms with Gasteiger partial charge in [-0.15, -0.1) is 0 Å². The van der Waals surface area contributed by atoms with Crippen molar-refractivity contribution in [3.05, 3.63) is 41.4 Å². The van der Waals surface area contributed by atoms with E-state index in [2.05, 4.69) is 25.3 Å². The first-order valence-corrected chi connectivity index (χ1v) is 12.4. The Bertz CT molecular complexity index is 1150. The lowest BCUT2D eigenvalue weighted by molar-refractivity contribution is -0.154. The molecule has 2 bridgehead atoms. The Kier molecular flexibility index (Phi) is 8.69. The van der Waals surface area contributed by atoms with Crippen molar-refractivity contribution in [2.24, 2.45) is 0 Å². The molecular formula is C24H27ClF4N4O6. The van der Waals surface area contributed by atoms with Gasteiger partial charge in [-0.3, -0.25) is 10.1 Å². The number of amides is 1. The molecule has 0 spiro atoms. The first kappa shape index (κ1) is 29.1. The number of aromatic nitrogens is 2. The van der Waals surface area contributed by atoms with E-state index >= 15 is 0 Å². The number of benzene rings is 1. The molecule has 1 amide bonds. The summed E-state index contributed by atoms with van der Waals surface area (Å²) in [5, 5.41) is 27.3. The third kappa shape index (κ3) is 7.59. The van der Waals surface area contributed by atoms with E-state index in [-0.39, 0.29) is 36.2 Å². The molecule has 5 rings (SSSR count). The smallest absolute Gasteiger partial charge is 0.422 e. The Labute approximate surface area is 225 Å². The van der Waals surface area contributed by atoms with Gasteiger partial charge in [0.1, 0.15) is 24.4 Å². The molecule has 2 atom stereocenters. The Hall–Kier alpha value is -2.94. The van der Waals surface area contributed by atoms with Gasteiger partial charge in [0.15, 0.2) is 19.0 Å². The van der Waals surface area contributed by atoms with Gasteiger partial charge < -0.3 is 29.7 Å². The SMILES string of the molecule is O=C(COc1ccc(Cl)c(F)c1)NC12CCC(NC(O)COc3cnc(OCC(F)(F)F)nc3)(CC1)C[C@@H]2O. The van der Waals surface area contributed by atoms with Crippen molar-refractivity contribution in [3.63, 3.8) is 0 Å². The van der Waals surface area contributed by atoms with Gasteiger partial charge in [-0.25, -0.2) is 4.39 Å². The maximum atomic E-state index is 13.6. The van der Waals surface area contributed by atoms with Crippen molar-refractivity contribution in [1.82, 2.24) is 20.6 Å².